The first-order valence-electron chi connectivity index (χ1n) is 5.90. The lowest BCUT2D eigenvalue weighted by Gasteiger charge is -2.06. The summed E-state index contributed by atoms with van der Waals surface area (Å²) < 4.78 is 6.68. The highest BCUT2D eigenvalue weighted by atomic mass is 79.9. The van der Waals surface area contributed by atoms with Gasteiger partial charge in [-0.25, -0.2) is 0 Å². The molecule has 1 heterocycles. The molecule has 3 aromatic rings. The second-order valence-electron chi connectivity index (χ2n) is 4.29. The van der Waals surface area contributed by atoms with Gasteiger partial charge in [0.05, 0.1) is 10.2 Å². The number of aromatic amines is 1. The van der Waals surface area contributed by atoms with E-state index in [1.807, 2.05) is 36.4 Å². The monoisotopic (exact) mass is 317 g/mol. The maximum absolute atomic E-state index is 9.43. The van der Waals surface area contributed by atoms with Crippen molar-refractivity contribution in [3.05, 3.63) is 58.7 Å². The van der Waals surface area contributed by atoms with E-state index in [2.05, 4.69) is 20.9 Å². The standard InChI is InChI=1S/C15H12BrNO2/c16-13-3-1-2-4-15(13)19-9-11-7-10-8-12(18)5-6-14(10)17-11/h1-8,17-18H,9H2. The molecule has 3 rings (SSSR count). The van der Waals surface area contributed by atoms with Gasteiger partial charge < -0.3 is 14.8 Å². The average Bonchev–Trinajstić information content (AvgIpc) is 2.79. The zero-order chi connectivity index (χ0) is 13.2. The van der Waals surface area contributed by atoms with Gasteiger partial charge >= 0.3 is 0 Å². The lowest BCUT2D eigenvalue weighted by atomic mass is 10.2. The van der Waals surface area contributed by atoms with Crippen LogP contribution in [0.1, 0.15) is 5.69 Å². The van der Waals surface area contributed by atoms with Crippen LogP contribution in [0.25, 0.3) is 10.9 Å². The molecule has 0 aliphatic heterocycles. The third-order valence-electron chi connectivity index (χ3n) is 2.88. The van der Waals surface area contributed by atoms with Gasteiger partial charge in [0.25, 0.3) is 0 Å². The molecule has 0 saturated carbocycles. The summed E-state index contributed by atoms with van der Waals surface area (Å²) in [6.07, 6.45) is 0. The number of hydrogen-bond acceptors (Lipinski definition) is 2. The number of phenols is 1. The molecular weight excluding hydrogens is 306 g/mol. The van der Waals surface area contributed by atoms with Gasteiger partial charge in [0, 0.05) is 10.9 Å². The molecule has 0 amide bonds. The van der Waals surface area contributed by atoms with Crippen molar-refractivity contribution in [3.63, 3.8) is 0 Å². The number of ether oxygens (including phenoxy) is 1. The minimum absolute atomic E-state index is 0.268. The Kier molecular flexibility index (Phi) is 3.17. The third kappa shape index (κ3) is 2.58. The predicted octanol–water partition coefficient (Wildman–Crippen LogP) is 4.22. The van der Waals surface area contributed by atoms with E-state index in [1.54, 1.807) is 12.1 Å². The summed E-state index contributed by atoms with van der Waals surface area (Å²) in [6.45, 7) is 0.456. The van der Waals surface area contributed by atoms with Crippen molar-refractivity contribution in [2.24, 2.45) is 0 Å². The number of para-hydroxylation sites is 1. The Morgan fingerprint density at radius 1 is 1.11 bits per heavy atom. The van der Waals surface area contributed by atoms with Crippen molar-refractivity contribution in [1.82, 2.24) is 4.98 Å². The molecule has 0 aliphatic carbocycles. The number of rotatable bonds is 3. The number of benzene rings is 2. The lowest BCUT2D eigenvalue weighted by Crippen LogP contribution is -1.95. The van der Waals surface area contributed by atoms with E-state index in [4.69, 9.17) is 4.74 Å². The van der Waals surface area contributed by atoms with Crippen molar-refractivity contribution < 1.29 is 9.84 Å². The molecule has 1 aromatic heterocycles. The summed E-state index contributed by atoms with van der Waals surface area (Å²) in [5, 5.41) is 10.4. The first kappa shape index (κ1) is 12.1. The summed E-state index contributed by atoms with van der Waals surface area (Å²) >= 11 is 3.45. The molecule has 0 atom stereocenters. The molecule has 3 nitrogen and oxygen atoms in total. The van der Waals surface area contributed by atoms with Gasteiger partial charge in [-0.05, 0) is 52.3 Å². The molecule has 0 aliphatic rings. The molecule has 0 unspecified atom stereocenters. The van der Waals surface area contributed by atoms with Crippen LogP contribution in [0.2, 0.25) is 0 Å². The number of H-pyrrole nitrogens is 1. The molecule has 4 heteroatoms. The van der Waals surface area contributed by atoms with Crippen LogP contribution < -0.4 is 4.74 Å². The highest BCUT2D eigenvalue weighted by Gasteiger charge is 2.04. The molecule has 0 radical (unpaired) electrons. The van der Waals surface area contributed by atoms with E-state index in [9.17, 15) is 5.11 Å². The number of hydrogen-bond donors (Lipinski definition) is 2. The fourth-order valence-electron chi connectivity index (χ4n) is 1.98. The Labute approximate surface area is 119 Å². The van der Waals surface area contributed by atoms with Gasteiger partial charge in [0.1, 0.15) is 18.1 Å². The van der Waals surface area contributed by atoms with Gasteiger partial charge in [-0.1, -0.05) is 12.1 Å². The van der Waals surface area contributed by atoms with Crippen LogP contribution in [0.3, 0.4) is 0 Å². The molecule has 0 spiro atoms. The number of nitrogens with one attached hydrogen (secondary N) is 1. The van der Waals surface area contributed by atoms with Crippen molar-refractivity contribution >= 4 is 26.8 Å². The predicted molar refractivity (Wildman–Crippen MR) is 78.4 cm³/mol. The second-order valence-corrected chi connectivity index (χ2v) is 5.14. The molecule has 0 fully saturated rings. The van der Waals surface area contributed by atoms with E-state index in [-0.39, 0.29) is 5.75 Å². The number of phenolic OH excluding ortho intramolecular Hbond substituents is 1. The SMILES string of the molecule is Oc1ccc2[nH]c(COc3ccccc3Br)cc2c1. The van der Waals surface area contributed by atoms with Crippen LogP contribution in [0.5, 0.6) is 11.5 Å². The molecule has 2 aromatic carbocycles. The zero-order valence-corrected chi connectivity index (χ0v) is 11.6. The Hall–Kier alpha value is -1.94. The molecule has 96 valence electrons. The Morgan fingerprint density at radius 3 is 2.79 bits per heavy atom. The van der Waals surface area contributed by atoms with Crippen LogP contribution in [-0.4, -0.2) is 10.1 Å². The van der Waals surface area contributed by atoms with Crippen LogP contribution in [0.15, 0.2) is 53.0 Å². The van der Waals surface area contributed by atoms with Crippen molar-refractivity contribution in [3.8, 4) is 11.5 Å². The molecule has 19 heavy (non-hydrogen) atoms. The topological polar surface area (TPSA) is 45.2 Å². The van der Waals surface area contributed by atoms with Gasteiger partial charge in [-0.2, -0.15) is 0 Å². The molecule has 2 N–H and O–H groups in total. The largest absolute Gasteiger partial charge is 0.508 e. The summed E-state index contributed by atoms with van der Waals surface area (Å²) in [5.74, 6) is 1.08. The second kappa shape index (κ2) is 4.97. The molecule has 0 bridgehead atoms. The quantitative estimate of drug-likeness (QED) is 0.759. The average molecular weight is 318 g/mol. The highest BCUT2D eigenvalue weighted by molar-refractivity contribution is 9.10. The van der Waals surface area contributed by atoms with Gasteiger partial charge in [0.2, 0.25) is 0 Å². The van der Waals surface area contributed by atoms with Crippen LogP contribution in [-0.2, 0) is 6.61 Å². The Balaban J connectivity index is 1.80. The van der Waals surface area contributed by atoms with E-state index < -0.39 is 0 Å². The van der Waals surface area contributed by atoms with Gasteiger partial charge in [-0.3, -0.25) is 0 Å². The van der Waals surface area contributed by atoms with Crippen LogP contribution in [0, 0.1) is 0 Å². The highest BCUT2D eigenvalue weighted by Crippen LogP contribution is 2.26. The third-order valence-corrected chi connectivity index (χ3v) is 3.54. The minimum Gasteiger partial charge on any atom is -0.508 e. The number of aromatic nitrogens is 1. The maximum atomic E-state index is 9.43. The fraction of sp³-hybridized carbons (Fsp3) is 0.0667. The summed E-state index contributed by atoms with van der Waals surface area (Å²) in [6, 6.07) is 15.0. The first-order chi connectivity index (χ1) is 9.22. The van der Waals surface area contributed by atoms with Gasteiger partial charge in [0.15, 0.2) is 0 Å². The Morgan fingerprint density at radius 2 is 1.95 bits per heavy atom. The normalized spacial score (nSPS) is 10.8. The van der Waals surface area contributed by atoms with Crippen LogP contribution >= 0.6 is 15.9 Å². The van der Waals surface area contributed by atoms with E-state index >= 15 is 0 Å². The van der Waals surface area contributed by atoms with Crippen molar-refractivity contribution in [2.45, 2.75) is 6.61 Å². The van der Waals surface area contributed by atoms with E-state index in [0.717, 1.165) is 26.8 Å². The number of aromatic hydroxyl groups is 1. The van der Waals surface area contributed by atoms with E-state index in [1.165, 1.54) is 0 Å². The summed E-state index contributed by atoms with van der Waals surface area (Å²) in [7, 11) is 0. The maximum Gasteiger partial charge on any atom is 0.134 e. The fourth-order valence-corrected chi connectivity index (χ4v) is 2.37. The van der Waals surface area contributed by atoms with Crippen molar-refractivity contribution in [2.75, 3.05) is 0 Å². The summed E-state index contributed by atoms with van der Waals surface area (Å²) in [5.41, 5.74) is 1.96. The first-order valence-corrected chi connectivity index (χ1v) is 6.69. The molecular formula is C15H12BrNO2. The van der Waals surface area contributed by atoms with Crippen LogP contribution in [0.4, 0.5) is 0 Å². The van der Waals surface area contributed by atoms with Gasteiger partial charge in [-0.15, -0.1) is 0 Å². The Bertz CT molecular complexity index is 721. The minimum atomic E-state index is 0.268. The number of fused-ring (bicyclic) bond motifs is 1. The number of halogens is 1. The molecule has 0 saturated heterocycles. The summed E-state index contributed by atoms with van der Waals surface area (Å²) in [4.78, 5) is 3.26. The smallest absolute Gasteiger partial charge is 0.134 e. The zero-order valence-electron chi connectivity index (χ0n) is 10.1. The van der Waals surface area contributed by atoms with E-state index in [0.29, 0.717) is 6.61 Å². The van der Waals surface area contributed by atoms with Crippen molar-refractivity contribution in [1.29, 1.82) is 0 Å². The lowest BCUT2D eigenvalue weighted by molar-refractivity contribution is 0.300.